The summed E-state index contributed by atoms with van der Waals surface area (Å²) in [4.78, 5) is 16.4. The van der Waals surface area contributed by atoms with Gasteiger partial charge in [-0.1, -0.05) is 23.7 Å². The van der Waals surface area contributed by atoms with E-state index in [-0.39, 0.29) is 34.9 Å². The van der Waals surface area contributed by atoms with E-state index < -0.39 is 30.8 Å². The second-order valence-corrected chi connectivity index (χ2v) is 9.36. The Bertz CT molecular complexity index is 1300. The Morgan fingerprint density at radius 3 is 2.66 bits per heavy atom. The van der Waals surface area contributed by atoms with Gasteiger partial charge in [-0.25, -0.2) is 15.0 Å². The largest absolute Gasteiger partial charge is 0.461 e. The Morgan fingerprint density at radius 2 is 1.95 bits per heavy atom. The van der Waals surface area contributed by atoms with Gasteiger partial charge >= 0.3 is 12.2 Å². The maximum Gasteiger partial charge on any atom is 0.416 e. The van der Waals surface area contributed by atoms with E-state index in [1.54, 1.807) is 11.0 Å². The zero-order valence-electron chi connectivity index (χ0n) is 19.8. The molecule has 2 aliphatic rings. The second kappa shape index (κ2) is 10.4. The van der Waals surface area contributed by atoms with Crippen molar-refractivity contribution in [2.24, 2.45) is 0 Å². The quantitative estimate of drug-likeness (QED) is 0.310. The summed E-state index contributed by atoms with van der Waals surface area (Å²) in [7, 11) is 0. The molecule has 0 saturated carbocycles. The van der Waals surface area contributed by atoms with E-state index in [0.717, 1.165) is 18.6 Å². The molecule has 10 nitrogen and oxygen atoms in total. The van der Waals surface area contributed by atoms with Gasteiger partial charge in [-0.05, 0) is 24.6 Å². The number of benzene rings is 1. The summed E-state index contributed by atoms with van der Waals surface area (Å²) in [6.07, 6.45) is -3.37. The lowest BCUT2D eigenvalue weighted by Crippen LogP contribution is -2.51. The first-order valence-electron chi connectivity index (χ1n) is 11.7. The van der Waals surface area contributed by atoms with E-state index in [1.165, 1.54) is 24.5 Å². The number of pyridine rings is 1. The Morgan fingerprint density at radius 1 is 1.18 bits per heavy atom. The number of hydrogen-bond donors (Lipinski definition) is 4. The fourth-order valence-corrected chi connectivity index (χ4v) is 4.78. The monoisotopic (exact) mass is 552 g/mol. The fourth-order valence-electron chi connectivity index (χ4n) is 4.52. The van der Waals surface area contributed by atoms with Crippen LogP contribution in [0.5, 0.6) is 6.01 Å². The molecule has 0 amide bonds. The highest BCUT2D eigenvalue weighted by Gasteiger charge is 2.41. The number of aliphatic hydroxyl groups excluding tert-OH is 3. The lowest BCUT2D eigenvalue weighted by Gasteiger charge is -2.40. The van der Waals surface area contributed by atoms with Gasteiger partial charge in [0.1, 0.15) is 12.7 Å². The predicted octanol–water partition coefficient (Wildman–Crippen LogP) is 2.73. The van der Waals surface area contributed by atoms with Crippen LogP contribution in [0.1, 0.15) is 12.0 Å². The first kappa shape index (κ1) is 26.2. The number of hydrogen-bond acceptors (Lipinski definition) is 10. The standard InChI is InChI=1S/C24H24ClF3N6O4/c25-18-7-19-21(32-20(18)13-2-1-3-14(6-13)24(26,27)28)34(16-4-5-33(19)10-16)23(37)31-15-8-29-22(30-9-15)38-12-17(36)11-35/h1-3,6-9,16-17,23,31,35-37H,4-5,10-12H2/t16-,17+,23?/m0/s1. The third kappa shape index (κ3) is 5.27. The molecule has 1 saturated heterocycles. The molecular formula is C24H24ClF3N6O4. The van der Waals surface area contributed by atoms with Crippen molar-refractivity contribution < 1.29 is 33.2 Å². The van der Waals surface area contributed by atoms with Gasteiger partial charge in [0, 0.05) is 18.7 Å². The van der Waals surface area contributed by atoms with Crippen LogP contribution in [0.3, 0.4) is 0 Å². The highest BCUT2D eigenvalue weighted by molar-refractivity contribution is 6.33. The molecule has 0 aliphatic carbocycles. The number of ether oxygens (including phenoxy) is 1. The number of nitrogens with zero attached hydrogens (tertiary/aromatic N) is 5. The number of rotatable bonds is 8. The number of alkyl halides is 3. The Labute approximate surface area is 220 Å². The molecule has 202 valence electrons. The topological polar surface area (TPSA) is 127 Å². The van der Waals surface area contributed by atoms with E-state index in [9.17, 15) is 23.4 Å². The van der Waals surface area contributed by atoms with Crippen LogP contribution >= 0.6 is 11.6 Å². The van der Waals surface area contributed by atoms with Crippen molar-refractivity contribution in [3.05, 3.63) is 53.3 Å². The fraction of sp³-hybridized carbons (Fsp3) is 0.375. The number of aliphatic hydroxyl groups is 3. The molecule has 14 heteroatoms. The van der Waals surface area contributed by atoms with Crippen molar-refractivity contribution in [1.82, 2.24) is 15.0 Å². The predicted molar refractivity (Wildman–Crippen MR) is 133 cm³/mol. The average molecular weight is 553 g/mol. The number of anilines is 3. The van der Waals surface area contributed by atoms with Crippen molar-refractivity contribution in [1.29, 1.82) is 0 Å². The van der Waals surface area contributed by atoms with Gasteiger partial charge in [-0.3, -0.25) is 0 Å². The Hall–Kier alpha value is -3.39. The van der Waals surface area contributed by atoms with E-state index in [4.69, 9.17) is 21.4 Å². The minimum atomic E-state index is -4.52. The molecule has 4 N–H and O–H groups in total. The minimum Gasteiger partial charge on any atom is -0.461 e. The molecule has 1 fully saturated rings. The summed E-state index contributed by atoms with van der Waals surface area (Å²) in [5, 5.41) is 32.5. The molecule has 1 unspecified atom stereocenters. The number of fused-ring (bicyclic) bond motifs is 4. The smallest absolute Gasteiger partial charge is 0.416 e. The zero-order chi connectivity index (χ0) is 27.0. The summed E-state index contributed by atoms with van der Waals surface area (Å²) in [6, 6.07) is 6.32. The van der Waals surface area contributed by atoms with E-state index >= 15 is 0 Å². The SMILES string of the molecule is OC[C@@H](O)COc1ncc(NC(O)N2c3nc(-c4cccc(C(F)(F)F)c4)c(Cl)cc3N3CC[C@H]2C3)cn1. The van der Waals surface area contributed by atoms with Gasteiger partial charge in [0.2, 0.25) is 6.35 Å². The highest BCUT2D eigenvalue weighted by Crippen LogP contribution is 2.44. The maximum atomic E-state index is 13.3. The van der Waals surface area contributed by atoms with Crippen LogP contribution in [0.2, 0.25) is 5.02 Å². The van der Waals surface area contributed by atoms with Crippen LogP contribution in [0.25, 0.3) is 11.3 Å². The van der Waals surface area contributed by atoms with E-state index in [1.807, 2.05) is 0 Å². The summed E-state index contributed by atoms with van der Waals surface area (Å²) in [5.41, 5.74) is 0.597. The molecule has 0 radical (unpaired) electrons. The molecule has 2 bridgehead atoms. The van der Waals surface area contributed by atoms with Gasteiger partial charge < -0.3 is 35.2 Å². The zero-order valence-corrected chi connectivity index (χ0v) is 20.6. The van der Waals surface area contributed by atoms with E-state index in [2.05, 4.69) is 25.2 Å². The summed E-state index contributed by atoms with van der Waals surface area (Å²) in [6.45, 7) is 0.674. The lowest BCUT2D eigenvalue weighted by atomic mass is 10.1. The van der Waals surface area contributed by atoms with Crippen molar-refractivity contribution in [3.63, 3.8) is 0 Å². The van der Waals surface area contributed by atoms with Gasteiger partial charge in [-0.2, -0.15) is 13.2 Å². The Balaban J connectivity index is 1.42. The summed E-state index contributed by atoms with van der Waals surface area (Å²) < 4.78 is 45.1. The van der Waals surface area contributed by atoms with Crippen LogP contribution in [-0.4, -0.2) is 75.1 Å². The van der Waals surface area contributed by atoms with Crippen LogP contribution in [0.4, 0.5) is 30.4 Å². The maximum absolute atomic E-state index is 13.3. The van der Waals surface area contributed by atoms with E-state index in [0.29, 0.717) is 30.3 Å². The summed E-state index contributed by atoms with van der Waals surface area (Å²) in [5.74, 6) is 0.384. The van der Waals surface area contributed by atoms with Crippen LogP contribution in [0, 0.1) is 0 Å². The first-order chi connectivity index (χ1) is 18.1. The van der Waals surface area contributed by atoms with Gasteiger partial charge in [0.05, 0.1) is 52.7 Å². The number of halogens is 4. The first-order valence-corrected chi connectivity index (χ1v) is 12.1. The molecule has 1 aromatic carbocycles. The second-order valence-electron chi connectivity index (χ2n) is 8.96. The molecule has 38 heavy (non-hydrogen) atoms. The normalized spacial score (nSPS) is 18.2. The van der Waals surface area contributed by atoms with Crippen LogP contribution < -0.4 is 19.9 Å². The van der Waals surface area contributed by atoms with Crippen molar-refractivity contribution in [2.75, 3.05) is 41.4 Å². The highest BCUT2D eigenvalue weighted by atomic mass is 35.5. The number of nitrogens with one attached hydrogen (secondary N) is 1. The Kier molecular flexibility index (Phi) is 7.18. The molecule has 3 atom stereocenters. The van der Waals surface area contributed by atoms with Crippen molar-refractivity contribution in [3.8, 4) is 17.3 Å². The molecular weight excluding hydrogens is 529 g/mol. The van der Waals surface area contributed by atoms with Crippen LogP contribution in [-0.2, 0) is 6.18 Å². The molecule has 2 aromatic heterocycles. The summed E-state index contributed by atoms with van der Waals surface area (Å²) >= 11 is 6.50. The van der Waals surface area contributed by atoms with Crippen molar-refractivity contribution in [2.45, 2.75) is 31.1 Å². The molecule has 3 aromatic rings. The van der Waals surface area contributed by atoms with Crippen LogP contribution in [0.15, 0.2) is 42.7 Å². The molecule has 5 rings (SSSR count). The van der Waals surface area contributed by atoms with Gasteiger partial charge in [-0.15, -0.1) is 0 Å². The molecule has 0 spiro atoms. The third-order valence-corrected chi connectivity index (χ3v) is 6.63. The lowest BCUT2D eigenvalue weighted by molar-refractivity contribution is -0.137. The number of aromatic nitrogens is 3. The third-order valence-electron chi connectivity index (χ3n) is 6.34. The minimum absolute atomic E-state index is 0.0191. The van der Waals surface area contributed by atoms with Gasteiger partial charge in [0.25, 0.3) is 0 Å². The van der Waals surface area contributed by atoms with Crippen molar-refractivity contribution >= 4 is 28.8 Å². The average Bonchev–Trinajstić information content (AvgIpc) is 3.32. The van der Waals surface area contributed by atoms with Gasteiger partial charge in [0.15, 0.2) is 5.82 Å². The molecule has 2 aliphatic heterocycles. The molecule has 4 heterocycles.